The lowest BCUT2D eigenvalue weighted by Gasteiger charge is -2.11. The molecule has 110 valence electrons. The van der Waals surface area contributed by atoms with Crippen molar-refractivity contribution in [1.82, 2.24) is 5.32 Å². The summed E-state index contributed by atoms with van der Waals surface area (Å²) in [4.78, 5) is 23.4. The molecule has 21 heavy (non-hydrogen) atoms. The molecule has 0 aliphatic rings. The molecule has 0 saturated heterocycles. The Morgan fingerprint density at radius 1 is 1.29 bits per heavy atom. The van der Waals surface area contributed by atoms with Crippen LogP contribution in [-0.4, -0.2) is 34.6 Å². The van der Waals surface area contributed by atoms with Gasteiger partial charge < -0.3 is 15.2 Å². The van der Waals surface area contributed by atoms with Crippen LogP contribution in [0.2, 0.25) is 0 Å². The van der Waals surface area contributed by atoms with E-state index >= 15 is 0 Å². The first-order valence-corrected chi connectivity index (χ1v) is 7.50. The lowest BCUT2D eigenvalue weighted by Crippen LogP contribution is -2.33. The molecule has 0 bridgehead atoms. The number of amides is 1. The van der Waals surface area contributed by atoms with E-state index in [4.69, 9.17) is 0 Å². The fourth-order valence-electron chi connectivity index (χ4n) is 1.93. The quantitative estimate of drug-likeness (QED) is 0.470. The number of fused-ring (bicyclic) bond motifs is 1. The molecule has 0 aromatic heterocycles. The summed E-state index contributed by atoms with van der Waals surface area (Å²) in [5.74, 6) is -0.892. The normalized spacial score (nSPS) is 11.9. The molecule has 0 fully saturated rings. The van der Waals surface area contributed by atoms with Crippen LogP contribution < -0.4 is 5.32 Å². The molecule has 1 amide bonds. The Morgan fingerprint density at radius 3 is 2.71 bits per heavy atom. The molecule has 1 atom stereocenters. The summed E-state index contributed by atoms with van der Waals surface area (Å²) in [6.07, 6.45) is 0. The molecule has 2 aromatic rings. The lowest BCUT2D eigenvalue weighted by atomic mass is 10.0. The summed E-state index contributed by atoms with van der Waals surface area (Å²) < 4.78 is 4.11. The second-order valence-electron chi connectivity index (χ2n) is 4.38. The minimum Gasteiger partial charge on any atom is -0.506 e. The number of phenolic OH excluding ortho intramolecular Hbond substituents is 1. The zero-order valence-corrected chi connectivity index (χ0v) is 13.5. The highest BCUT2D eigenvalue weighted by Gasteiger charge is 2.18. The number of ether oxygens (including phenoxy) is 1. The van der Waals surface area contributed by atoms with Gasteiger partial charge in [0.15, 0.2) is 0 Å². The second-order valence-corrected chi connectivity index (χ2v) is 5.89. The van der Waals surface area contributed by atoms with Crippen molar-refractivity contribution in [2.45, 2.75) is 3.92 Å². The summed E-state index contributed by atoms with van der Waals surface area (Å²) in [6, 6.07) is 10.6. The van der Waals surface area contributed by atoms with Gasteiger partial charge in [0, 0.05) is 11.9 Å². The summed E-state index contributed by atoms with van der Waals surface area (Å²) >= 11 is 1.89. The van der Waals surface area contributed by atoms with Gasteiger partial charge in [0.25, 0.3) is 5.91 Å². The van der Waals surface area contributed by atoms with Gasteiger partial charge in [-0.05, 0) is 11.5 Å². The van der Waals surface area contributed by atoms with E-state index in [2.05, 4.69) is 10.1 Å². The standard InChI is InChI=1S/C15H14INO4/c1-21-15(20)12(16)8-17-14(19)11-7-6-9-4-2-3-5-10(9)13(11)18/h2-7,12,18H,8H2,1H3,(H,17,19). The number of benzene rings is 2. The van der Waals surface area contributed by atoms with Crippen LogP contribution in [0.15, 0.2) is 36.4 Å². The molecule has 0 aliphatic heterocycles. The third-order valence-corrected chi connectivity index (χ3v) is 3.99. The predicted octanol–water partition coefficient (Wildman–Crippen LogP) is 2.25. The molecule has 1 unspecified atom stereocenters. The molecule has 0 spiro atoms. The van der Waals surface area contributed by atoms with Gasteiger partial charge in [-0.25, -0.2) is 0 Å². The van der Waals surface area contributed by atoms with Crippen molar-refractivity contribution in [3.8, 4) is 5.75 Å². The highest BCUT2D eigenvalue weighted by atomic mass is 127. The zero-order chi connectivity index (χ0) is 15.4. The number of hydrogen-bond donors (Lipinski definition) is 2. The number of halogens is 1. The summed E-state index contributed by atoms with van der Waals surface area (Å²) in [5.41, 5.74) is 0.183. The van der Waals surface area contributed by atoms with Gasteiger partial charge in [-0.3, -0.25) is 9.59 Å². The fraction of sp³-hybridized carbons (Fsp3) is 0.200. The molecule has 0 radical (unpaired) electrons. The van der Waals surface area contributed by atoms with Crippen LogP contribution in [0.25, 0.3) is 10.8 Å². The first-order chi connectivity index (χ1) is 10.0. The average molecular weight is 399 g/mol. The van der Waals surface area contributed by atoms with Crippen molar-refractivity contribution >= 4 is 45.2 Å². The molecule has 0 heterocycles. The van der Waals surface area contributed by atoms with E-state index in [1.165, 1.54) is 7.11 Å². The SMILES string of the molecule is COC(=O)C(I)CNC(=O)c1ccc2ccccc2c1O. The molecule has 2 rings (SSSR count). The van der Waals surface area contributed by atoms with Crippen LogP contribution in [-0.2, 0) is 9.53 Å². The maximum Gasteiger partial charge on any atom is 0.320 e. The van der Waals surface area contributed by atoms with E-state index in [9.17, 15) is 14.7 Å². The van der Waals surface area contributed by atoms with Crippen molar-refractivity contribution in [3.05, 3.63) is 42.0 Å². The molecule has 6 heteroatoms. The topological polar surface area (TPSA) is 75.6 Å². The number of rotatable bonds is 4. The lowest BCUT2D eigenvalue weighted by molar-refractivity contribution is -0.139. The van der Waals surface area contributed by atoms with Gasteiger partial charge in [-0.15, -0.1) is 0 Å². The van der Waals surface area contributed by atoms with E-state index in [1.807, 2.05) is 34.7 Å². The number of hydrogen-bond acceptors (Lipinski definition) is 4. The number of carbonyl (C=O) groups is 2. The maximum absolute atomic E-state index is 12.1. The van der Waals surface area contributed by atoms with Crippen molar-refractivity contribution < 1.29 is 19.4 Å². The van der Waals surface area contributed by atoms with Crippen LogP contribution in [0, 0.1) is 0 Å². The molecule has 0 saturated carbocycles. The Kier molecular flexibility index (Phi) is 5.00. The molecular formula is C15H14INO4. The van der Waals surface area contributed by atoms with Gasteiger partial charge in [0.2, 0.25) is 0 Å². The molecule has 2 N–H and O–H groups in total. The van der Waals surface area contributed by atoms with E-state index in [0.717, 1.165) is 5.39 Å². The van der Waals surface area contributed by atoms with E-state index in [1.54, 1.807) is 24.3 Å². The smallest absolute Gasteiger partial charge is 0.320 e. The monoisotopic (exact) mass is 399 g/mol. The van der Waals surface area contributed by atoms with Crippen LogP contribution in [0.5, 0.6) is 5.75 Å². The Morgan fingerprint density at radius 2 is 2.00 bits per heavy atom. The number of esters is 1. The second kappa shape index (κ2) is 6.75. The molecule has 0 aliphatic carbocycles. The molecule has 2 aromatic carbocycles. The van der Waals surface area contributed by atoms with Crippen molar-refractivity contribution in [2.75, 3.05) is 13.7 Å². The highest BCUT2D eigenvalue weighted by molar-refractivity contribution is 14.1. The van der Waals surface area contributed by atoms with Crippen molar-refractivity contribution in [2.24, 2.45) is 0 Å². The Balaban J connectivity index is 2.16. The van der Waals surface area contributed by atoms with Crippen molar-refractivity contribution in [1.29, 1.82) is 0 Å². The first kappa shape index (κ1) is 15.6. The third-order valence-electron chi connectivity index (χ3n) is 3.04. The van der Waals surface area contributed by atoms with Gasteiger partial charge in [-0.2, -0.15) is 0 Å². The number of carbonyl (C=O) groups excluding carboxylic acids is 2. The molecular weight excluding hydrogens is 385 g/mol. The van der Waals surface area contributed by atoms with Crippen LogP contribution in [0.4, 0.5) is 0 Å². The van der Waals surface area contributed by atoms with E-state index in [-0.39, 0.29) is 17.9 Å². The van der Waals surface area contributed by atoms with Crippen LogP contribution in [0.3, 0.4) is 0 Å². The number of phenols is 1. The van der Waals surface area contributed by atoms with Crippen molar-refractivity contribution in [3.63, 3.8) is 0 Å². The number of methoxy groups -OCH3 is 1. The minimum absolute atomic E-state index is 0.0614. The minimum atomic E-state index is -0.473. The maximum atomic E-state index is 12.1. The largest absolute Gasteiger partial charge is 0.506 e. The Hall–Kier alpha value is -1.83. The number of nitrogens with one attached hydrogen (secondary N) is 1. The Bertz CT molecular complexity index is 686. The fourth-order valence-corrected chi connectivity index (χ4v) is 2.40. The number of alkyl halides is 1. The van der Waals surface area contributed by atoms with Crippen LogP contribution in [0.1, 0.15) is 10.4 Å². The molecule has 5 nitrogen and oxygen atoms in total. The summed E-state index contributed by atoms with van der Waals surface area (Å²) in [5, 5.41) is 14.3. The van der Waals surface area contributed by atoms with E-state index in [0.29, 0.717) is 5.39 Å². The number of aromatic hydroxyl groups is 1. The van der Waals surface area contributed by atoms with Gasteiger partial charge >= 0.3 is 5.97 Å². The zero-order valence-electron chi connectivity index (χ0n) is 11.3. The van der Waals surface area contributed by atoms with E-state index < -0.39 is 15.8 Å². The van der Waals surface area contributed by atoms with Gasteiger partial charge in [0.1, 0.15) is 9.67 Å². The van der Waals surface area contributed by atoms with Gasteiger partial charge in [-0.1, -0.05) is 52.9 Å². The van der Waals surface area contributed by atoms with Crippen LogP contribution >= 0.6 is 22.6 Å². The predicted molar refractivity (Wildman–Crippen MR) is 87.8 cm³/mol. The highest BCUT2D eigenvalue weighted by Crippen LogP contribution is 2.28. The average Bonchev–Trinajstić information content (AvgIpc) is 2.52. The summed E-state index contributed by atoms with van der Waals surface area (Å²) in [7, 11) is 1.30. The summed E-state index contributed by atoms with van der Waals surface area (Å²) in [6.45, 7) is 0.137. The first-order valence-electron chi connectivity index (χ1n) is 6.25. The Labute approximate surface area is 135 Å². The third kappa shape index (κ3) is 3.44. The van der Waals surface area contributed by atoms with Gasteiger partial charge in [0.05, 0.1) is 12.7 Å².